The van der Waals surface area contributed by atoms with Crippen LogP contribution in [-0.2, 0) is 6.42 Å². The van der Waals surface area contributed by atoms with E-state index in [1.807, 2.05) is 24.3 Å². The number of benzene rings is 1. The molecule has 0 radical (unpaired) electrons. The van der Waals surface area contributed by atoms with Crippen LogP contribution in [0, 0.1) is 0 Å². The molecule has 2 aromatic rings. The molecule has 110 valence electrons. The molecular formula is C16H15BrCl2N2. The molecule has 1 aromatic heterocycles. The van der Waals surface area contributed by atoms with Gasteiger partial charge in [0.2, 0.25) is 0 Å². The third-order valence-electron chi connectivity index (χ3n) is 3.93. The van der Waals surface area contributed by atoms with E-state index in [4.69, 9.17) is 28.2 Å². The van der Waals surface area contributed by atoms with Crippen LogP contribution in [0.1, 0.15) is 48.7 Å². The first-order valence-electron chi connectivity index (χ1n) is 7.10. The van der Waals surface area contributed by atoms with Crippen LogP contribution in [0.4, 0.5) is 0 Å². The van der Waals surface area contributed by atoms with Gasteiger partial charge in [-0.05, 0) is 40.4 Å². The fourth-order valence-electron chi connectivity index (χ4n) is 2.84. The Balaban J connectivity index is 1.94. The maximum Gasteiger partial charge on any atom is 0.147 e. The van der Waals surface area contributed by atoms with Gasteiger partial charge in [0, 0.05) is 17.4 Å². The number of halogens is 3. The molecule has 0 saturated heterocycles. The van der Waals surface area contributed by atoms with Crippen molar-refractivity contribution in [3.05, 3.63) is 56.0 Å². The predicted octanol–water partition coefficient (Wildman–Crippen LogP) is 5.79. The van der Waals surface area contributed by atoms with Crippen LogP contribution in [0.5, 0.6) is 0 Å². The second-order valence-electron chi connectivity index (χ2n) is 5.38. The van der Waals surface area contributed by atoms with Gasteiger partial charge in [-0.15, -0.1) is 0 Å². The third-order valence-corrected chi connectivity index (χ3v) is 5.58. The van der Waals surface area contributed by atoms with Gasteiger partial charge in [-0.3, -0.25) is 0 Å². The number of aromatic nitrogens is 2. The Labute approximate surface area is 143 Å². The molecular weight excluding hydrogens is 371 g/mol. The van der Waals surface area contributed by atoms with Crippen molar-refractivity contribution >= 4 is 39.1 Å². The van der Waals surface area contributed by atoms with Crippen LogP contribution in [0.25, 0.3) is 0 Å². The van der Waals surface area contributed by atoms with Gasteiger partial charge in [0.05, 0.1) is 10.2 Å². The predicted molar refractivity (Wildman–Crippen MR) is 90.2 cm³/mol. The quantitative estimate of drug-likeness (QED) is 0.624. The van der Waals surface area contributed by atoms with Gasteiger partial charge in [-0.2, -0.15) is 0 Å². The average Bonchev–Trinajstić information content (AvgIpc) is 2.99. The van der Waals surface area contributed by atoms with Crippen LogP contribution >= 0.6 is 39.1 Å². The second kappa shape index (κ2) is 6.64. The van der Waals surface area contributed by atoms with Crippen molar-refractivity contribution in [1.29, 1.82) is 0 Å². The van der Waals surface area contributed by atoms with E-state index < -0.39 is 0 Å². The lowest BCUT2D eigenvalue weighted by Gasteiger charge is -2.13. The molecule has 0 spiro atoms. The summed E-state index contributed by atoms with van der Waals surface area (Å²) in [7, 11) is 0. The Morgan fingerprint density at radius 1 is 1.10 bits per heavy atom. The van der Waals surface area contributed by atoms with E-state index >= 15 is 0 Å². The zero-order chi connectivity index (χ0) is 14.8. The van der Waals surface area contributed by atoms with E-state index in [1.54, 1.807) is 0 Å². The van der Waals surface area contributed by atoms with Crippen LogP contribution in [0.15, 0.2) is 28.7 Å². The highest BCUT2D eigenvalue weighted by atomic mass is 79.9. The lowest BCUT2D eigenvalue weighted by molar-refractivity contribution is 0.681. The molecule has 0 unspecified atom stereocenters. The summed E-state index contributed by atoms with van der Waals surface area (Å²) in [5, 5.41) is 1.23. The summed E-state index contributed by atoms with van der Waals surface area (Å²) in [6, 6.07) is 7.77. The lowest BCUT2D eigenvalue weighted by atomic mass is 10.0. The van der Waals surface area contributed by atoms with Gasteiger partial charge in [-0.1, -0.05) is 54.2 Å². The molecule has 1 aliphatic carbocycles. The summed E-state index contributed by atoms with van der Waals surface area (Å²) in [5.74, 6) is 1.23. The summed E-state index contributed by atoms with van der Waals surface area (Å²) in [6.07, 6.45) is 5.48. The molecule has 2 nitrogen and oxygen atoms in total. The van der Waals surface area contributed by atoms with Gasteiger partial charge in [-0.25, -0.2) is 9.97 Å². The van der Waals surface area contributed by atoms with E-state index in [9.17, 15) is 0 Å². The van der Waals surface area contributed by atoms with Gasteiger partial charge >= 0.3 is 0 Å². The first-order chi connectivity index (χ1) is 10.1. The summed E-state index contributed by atoms with van der Waals surface area (Å²) in [6.45, 7) is 0. The fraction of sp³-hybridized carbons (Fsp3) is 0.375. The molecule has 0 N–H and O–H groups in total. The highest BCUT2D eigenvalue weighted by molar-refractivity contribution is 9.10. The van der Waals surface area contributed by atoms with Gasteiger partial charge in [0.15, 0.2) is 0 Å². The molecule has 21 heavy (non-hydrogen) atoms. The van der Waals surface area contributed by atoms with Gasteiger partial charge in [0.25, 0.3) is 0 Å². The molecule has 0 amide bonds. The van der Waals surface area contributed by atoms with E-state index in [0.29, 0.717) is 17.5 Å². The monoisotopic (exact) mass is 384 g/mol. The summed E-state index contributed by atoms with van der Waals surface area (Å²) in [5.41, 5.74) is 2.07. The molecule has 5 heteroatoms. The van der Waals surface area contributed by atoms with Crippen molar-refractivity contribution in [2.45, 2.75) is 38.0 Å². The number of hydrogen-bond donors (Lipinski definition) is 0. The van der Waals surface area contributed by atoms with Crippen LogP contribution in [0.2, 0.25) is 10.2 Å². The minimum absolute atomic E-state index is 0.491. The van der Waals surface area contributed by atoms with Crippen LogP contribution in [0.3, 0.4) is 0 Å². The molecule has 1 fully saturated rings. The zero-order valence-corrected chi connectivity index (χ0v) is 14.5. The van der Waals surface area contributed by atoms with Crippen LogP contribution in [-0.4, -0.2) is 9.97 Å². The van der Waals surface area contributed by atoms with Crippen molar-refractivity contribution in [3.8, 4) is 0 Å². The normalized spacial score (nSPS) is 15.6. The molecule has 0 aliphatic heterocycles. The first kappa shape index (κ1) is 15.3. The Hall–Kier alpha value is -0.640. The highest BCUT2D eigenvalue weighted by Crippen LogP contribution is 2.38. The van der Waals surface area contributed by atoms with E-state index in [1.165, 1.54) is 25.7 Å². The average molecular weight is 386 g/mol. The molecule has 1 saturated carbocycles. The largest absolute Gasteiger partial charge is 0.236 e. The lowest BCUT2D eigenvalue weighted by Crippen LogP contribution is -2.06. The van der Waals surface area contributed by atoms with Crippen molar-refractivity contribution < 1.29 is 0 Å². The molecule has 0 atom stereocenters. The Kier molecular flexibility index (Phi) is 4.82. The van der Waals surface area contributed by atoms with Crippen molar-refractivity contribution in [3.63, 3.8) is 0 Å². The smallest absolute Gasteiger partial charge is 0.147 e. The maximum absolute atomic E-state index is 6.27. The van der Waals surface area contributed by atoms with Crippen molar-refractivity contribution in [2.75, 3.05) is 0 Å². The van der Waals surface area contributed by atoms with E-state index in [-0.39, 0.29) is 0 Å². The van der Waals surface area contributed by atoms with Gasteiger partial charge in [0.1, 0.15) is 11.0 Å². The Morgan fingerprint density at radius 3 is 2.52 bits per heavy atom. The number of nitrogens with zero attached hydrogens (tertiary/aromatic N) is 2. The summed E-state index contributed by atoms with van der Waals surface area (Å²) >= 11 is 16.0. The van der Waals surface area contributed by atoms with E-state index in [2.05, 4.69) is 20.9 Å². The highest BCUT2D eigenvalue weighted by Gasteiger charge is 2.23. The van der Waals surface area contributed by atoms with E-state index in [0.717, 1.165) is 26.6 Å². The fourth-order valence-corrected chi connectivity index (χ4v) is 3.74. The standard InChI is InChI=1S/C16H15BrCl2N2/c17-14-15(10-5-1-2-6-10)20-13(21-16(14)19)9-11-7-3-4-8-12(11)18/h3-4,7-8,10H,1-2,5-6,9H2. The molecule has 1 heterocycles. The Morgan fingerprint density at radius 2 is 1.81 bits per heavy atom. The van der Waals surface area contributed by atoms with Crippen molar-refractivity contribution in [2.24, 2.45) is 0 Å². The minimum atomic E-state index is 0.491. The minimum Gasteiger partial charge on any atom is -0.236 e. The summed E-state index contributed by atoms with van der Waals surface area (Å²) < 4.78 is 0.846. The van der Waals surface area contributed by atoms with Gasteiger partial charge < -0.3 is 0 Å². The maximum atomic E-state index is 6.27. The first-order valence-corrected chi connectivity index (χ1v) is 8.65. The number of rotatable bonds is 3. The zero-order valence-electron chi connectivity index (χ0n) is 11.5. The van der Waals surface area contributed by atoms with Crippen molar-refractivity contribution in [1.82, 2.24) is 9.97 Å². The Bertz CT molecular complexity index is 655. The molecule has 1 aromatic carbocycles. The SMILES string of the molecule is Clc1ccccc1Cc1nc(Cl)c(Br)c(C2CCCC2)n1. The molecule has 1 aliphatic rings. The number of hydrogen-bond acceptors (Lipinski definition) is 2. The molecule has 0 bridgehead atoms. The third kappa shape index (κ3) is 3.41. The topological polar surface area (TPSA) is 25.8 Å². The van der Waals surface area contributed by atoms with Crippen LogP contribution < -0.4 is 0 Å². The second-order valence-corrected chi connectivity index (χ2v) is 6.94. The molecule has 3 rings (SSSR count). The summed E-state index contributed by atoms with van der Waals surface area (Å²) in [4.78, 5) is 9.14.